The molecule has 0 amide bonds. The number of rotatable bonds is 5. The van der Waals surface area contributed by atoms with Crippen LogP contribution in [0.2, 0.25) is 0 Å². The van der Waals surface area contributed by atoms with Crippen LogP contribution in [0.5, 0.6) is 5.75 Å². The van der Waals surface area contributed by atoms with Gasteiger partial charge in [0.05, 0.1) is 11.8 Å². The van der Waals surface area contributed by atoms with Crippen molar-refractivity contribution in [3.63, 3.8) is 0 Å². The number of hydrogen-bond acceptors (Lipinski definition) is 4. The summed E-state index contributed by atoms with van der Waals surface area (Å²) in [5, 5.41) is 0. The highest BCUT2D eigenvalue weighted by molar-refractivity contribution is 5.63. The number of benzene rings is 3. The van der Waals surface area contributed by atoms with Crippen molar-refractivity contribution in [2.24, 2.45) is 0 Å². The molecule has 0 saturated heterocycles. The second-order valence-electron chi connectivity index (χ2n) is 6.31. The predicted octanol–water partition coefficient (Wildman–Crippen LogP) is 5.23. The molecule has 0 aliphatic rings. The standard InChI is InChI=1S/C23H15F2NO3/c24-18-7-1-15(2-8-18)14-28-20-11-5-16(6-12-20)21-13-22(27)29-23(26-21)17-3-9-19(25)10-4-17/h1-13H,14H2. The van der Waals surface area contributed by atoms with Gasteiger partial charge in [-0.2, -0.15) is 0 Å². The van der Waals surface area contributed by atoms with Crippen LogP contribution in [0.25, 0.3) is 22.7 Å². The molecular weight excluding hydrogens is 376 g/mol. The lowest BCUT2D eigenvalue weighted by molar-refractivity contribution is 0.306. The van der Waals surface area contributed by atoms with Crippen molar-refractivity contribution in [2.45, 2.75) is 6.61 Å². The molecule has 3 aromatic carbocycles. The molecule has 29 heavy (non-hydrogen) atoms. The van der Waals surface area contributed by atoms with Gasteiger partial charge in [0.15, 0.2) is 0 Å². The molecule has 4 nitrogen and oxygen atoms in total. The van der Waals surface area contributed by atoms with E-state index in [1.807, 2.05) is 0 Å². The highest BCUT2D eigenvalue weighted by Gasteiger charge is 2.09. The zero-order chi connectivity index (χ0) is 20.2. The molecule has 4 rings (SSSR count). The number of halogens is 2. The van der Waals surface area contributed by atoms with Crippen LogP contribution in [-0.2, 0) is 6.61 Å². The molecule has 0 unspecified atom stereocenters. The van der Waals surface area contributed by atoms with E-state index in [1.165, 1.54) is 42.5 Å². The Hall–Kier alpha value is -3.80. The quantitative estimate of drug-likeness (QED) is 0.468. The van der Waals surface area contributed by atoms with Gasteiger partial charge in [0.25, 0.3) is 0 Å². The van der Waals surface area contributed by atoms with Gasteiger partial charge in [-0.15, -0.1) is 0 Å². The largest absolute Gasteiger partial charge is 0.489 e. The molecule has 0 spiro atoms. The summed E-state index contributed by atoms with van der Waals surface area (Å²) in [6.45, 7) is 0.307. The first-order chi connectivity index (χ1) is 14.1. The molecule has 0 N–H and O–H groups in total. The molecule has 1 heterocycles. The van der Waals surface area contributed by atoms with Crippen LogP contribution in [0.1, 0.15) is 5.56 Å². The van der Waals surface area contributed by atoms with E-state index in [0.717, 1.165) is 5.56 Å². The minimum absolute atomic E-state index is 0.115. The van der Waals surface area contributed by atoms with Gasteiger partial charge in [0, 0.05) is 11.1 Å². The molecule has 0 fully saturated rings. The van der Waals surface area contributed by atoms with Crippen LogP contribution in [0.4, 0.5) is 8.78 Å². The van der Waals surface area contributed by atoms with Gasteiger partial charge in [-0.3, -0.25) is 0 Å². The van der Waals surface area contributed by atoms with Gasteiger partial charge in [0.2, 0.25) is 5.89 Å². The van der Waals surface area contributed by atoms with Crippen molar-refractivity contribution < 1.29 is 17.9 Å². The molecule has 0 bridgehead atoms. The lowest BCUT2D eigenvalue weighted by atomic mass is 10.1. The van der Waals surface area contributed by atoms with E-state index >= 15 is 0 Å². The van der Waals surface area contributed by atoms with Crippen molar-refractivity contribution in [1.82, 2.24) is 4.98 Å². The molecular formula is C23H15F2NO3. The third kappa shape index (κ3) is 4.55. The average Bonchev–Trinajstić information content (AvgIpc) is 2.74. The summed E-state index contributed by atoms with van der Waals surface area (Å²) in [5.74, 6) is 0.0605. The number of nitrogens with zero attached hydrogens (tertiary/aromatic N) is 1. The Balaban J connectivity index is 1.53. The fourth-order valence-corrected chi connectivity index (χ4v) is 2.73. The second kappa shape index (κ2) is 8.06. The van der Waals surface area contributed by atoms with Gasteiger partial charge in [-0.25, -0.2) is 18.6 Å². The minimum atomic E-state index is -0.550. The Morgan fingerprint density at radius 3 is 2.03 bits per heavy atom. The van der Waals surface area contributed by atoms with E-state index in [2.05, 4.69) is 4.98 Å². The maximum Gasteiger partial charge on any atom is 0.339 e. The van der Waals surface area contributed by atoms with Crippen LogP contribution in [0, 0.1) is 11.6 Å². The third-order valence-electron chi connectivity index (χ3n) is 4.23. The van der Waals surface area contributed by atoms with Crippen LogP contribution in [0.15, 0.2) is 88.1 Å². The summed E-state index contributed by atoms with van der Waals surface area (Å²) in [7, 11) is 0. The summed E-state index contributed by atoms with van der Waals surface area (Å²) in [6.07, 6.45) is 0. The Labute approximate surface area is 165 Å². The topological polar surface area (TPSA) is 52.3 Å². The van der Waals surface area contributed by atoms with Crippen LogP contribution in [0.3, 0.4) is 0 Å². The fraction of sp³-hybridized carbons (Fsp3) is 0.0435. The van der Waals surface area contributed by atoms with Gasteiger partial charge in [-0.1, -0.05) is 12.1 Å². The SMILES string of the molecule is O=c1cc(-c2ccc(OCc3ccc(F)cc3)cc2)nc(-c2ccc(F)cc2)o1. The van der Waals surface area contributed by atoms with Crippen molar-refractivity contribution in [3.05, 3.63) is 106 Å². The smallest absolute Gasteiger partial charge is 0.339 e. The molecule has 6 heteroatoms. The van der Waals surface area contributed by atoms with Crippen LogP contribution < -0.4 is 10.4 Å². The average molecular weight is 391 g/mol. The first kappa shape index (κ1) is 18.6. The zero-order valence-electron chi connectivity index (χ0n) is 15.1. The number of ether oxygens (including phenoxy) is 1. The normalized spacial score (nSPS) is 10.7. The minimum Gasteiger partial charge on any atom is -0.489 e. The summed E-state index contributed by atoms with van der Waals surface area (Å²) in [6, 6.07) is 20.0. The maximum atomic E-state index is 13.1. The van der Waals surface area contributed by atoms with Gasteiger partial charge >= 0.3 is 5.63 Å². The van der Waals surface area contributed by atoms with Crippen molar-refractivity contribution in [3.8, 4) is 28.5 Å². The van der Waals surface area contributed by atoms with Crippen LogP contribution in [-0.4, -0.2) is 4.98 Å². The Morgan fingerprint density at radius 1 is 0.793 bits per heavy atom. The monoisotopic (exact) mass is 391 g/mol. The predicted molar refractivity (Wildman–Crippen MR) is 104 cm³/mol. The molecule has 0 saturated carbocycles. The second-order valence-corrected chi connectivity index (χ2v) is 6.31. The van der Waals surface area contributed by atoms with E-state index in [-0.39, 0.29) is 17.5 Å². The van der Waals surface area contributed by atoms with E-state index in [9.17, 15) is 13.6 Å². The first-order valence-corrected chi connectivity index (χ1v) is 8.83. The number of hydrogen-bond donors (Lipinski definition) is 0. The van der Waals surface area contributed by atoms with Crippen molar-refractivity contribution >= 4 is 0 Å². The van der Waals surface area contributed by atoms with Gasteiger partial charge < -0.3 is 9.15 Å². The Kier molecular flexibility index (Phi) is 5.16. The van der Waals surface area contributed by atoms with Crippen molar-refractivity contribution in [2.75, 3.05) is 0 Å². The fourth-order valence-electron chi connectivity index (χ4n) is 2.73. The Morgan fingerprint density at radius 2 is 1.38 bits per heavy atom. The van der Waals surface area contributed by atoms with Crippen LogP contribution >= 0.6 is 0 Å². The molecule has 1 aromatic heterocycles. The highest BCUT2D eigenvalue weighted by Crippen LogP contribution is 2.24. The highest BCUT2D eigenvalue weighted by atomic mass is 19.1. The summed E-state index contributed by atoms with van der Waals surface area (Å²) in [5.41, 5.74) is 1.94. The molecule has 0 radical (unpaired) electrons. The van der Waals surface area contributed by atoms with E-state index in [0.29, 0.717) is 29.2 Å². The Bertz CT molecular complexity index is 1170. The van der Waals surface area contributed by atoms with Gasteiger partial charge in [0.1, 0.15) is 24.0 Å². The van der Waals surface area contributed by atoms with Crippen molar-refractivity contribution in [1.29, 1.82) is 0 Å². The van der Waals surface area contributed by atoms with E-state index < -0.39 is 5.63 Å². The summed E-state index contributed by atoms with van der Waals surface area (Å²) in [4.78, 5) is 16.3. The molecule has 4 aromatic rings. The summed E-state index contributed by atoms with van der Waals surface area (Å²) >= 11 is 0. The third-order valence-corrected chi connectivity index (χ3v) is 4.23. The maximum absolute atomic E-state index is 13.1. The lowest BCUT2D eigenvalue weighted by Gasteiger charge is -2.08. The molecule has 0 aliphatic heterocycles. The first-order valence-electron chi connectivity index (χ1n) is 8.83. The summed E-state index contributed by atoms with van der Waals surface area (Å²) < 4.78 is 36.9. The molecule has 0 atom stereocenters. The zero-order valence-corrected chi connectivity index (χ0v) is 15.1. The molecule has 0 aliphatic carbocycles. The van der Waals surface area contributed by atoms with E-state index in [1.54, 1.807) is 36.4 Å². The van der Waals surface area contributed by atoms with E-state index in [4.69, 9.17) is 9.15 Å². The van der Waals surface area contributed by atoms with Gasteiger partial charge in [-0.05, 0) is 66.2 Å². The molecule has 144 valence electrons. The number of aromatic nitrogens is 1. The lowest BCUT2D eigenvalue weighted by Crippen LogP contribution is -2.02.